The highest BCUT2D eigenvalue weighted by Crippen LogP contribution is 2.44. The van der Waals surface area contributed by atoms with Gasteiger partial charge >= 0.3 is 5.92 Å². The van der Waals surface area contributed by atoms with Crippen molar-refractivity contribution in [1.29, 1.82) is 0 Å². The SMILES string of the molecule is COC(CNC(=O)C(F)(F)C1(O)CCC1)c1ccccc1. The Morgan fingerprint density at radius 3 is 2.52 bits per heavy atom. The summed E-state index contributed by atoms with van der Waals surface area (Å²) in [5.41, 5.74) is -1.42. The Balaban J connectivity index is 1.97. The molecule has 1 aromatic rings. The van der Waals surface area contributed by atoms with Crippen LogP contribution in [-0.2, 0) is 9.53 Å². The molecule has 1 aliphatic rings. The standard InChI is InChI=1S/C15H19F2NO3/c1-21-12(11-6-3-2-4-7-11)10-18-13(19)15(16,17)14(20)8-5-9-14/h2-4,6-7,12,20H,5,8-10H2,1H3,(H,18,19). The number of hydrogen-bond acceptors (Lipinski definition) is 3. The van der Waals surface area contributed by atoms with E-state index in [0.717, 1.165) is 5.56 Å². The van der Waals surface area contributed by atoms with E-state index in [1.165, 1.54) is 7.11 Å². The first kappa shape index (κ1) is 15.9. The highest BCUT2D eigenvalue weighted by molar-refractivity contribution is 5.85. The van der Waals surface area contributed by atoms with Crippen molar-refractivity contribution in [3.63, 3.8) is 0 Å². The number of benzene rings is 1. The lowest BCUT2D eigenvalue weighted by Crippen LogP contribution is -2.60. The maximum Gasteiger partial charge on any atom is 0.352 e. The Morgan fingerprint density at radius 1 is 1.43 bits per heavy atom. The number of ether oxygens (including phenoxy) is 1. The molecule has 1 atom stereocenters. The van der Waals surface area contributed by atoms with Gasteiger partial charge in [-0.15, -0.1) is 0 Å². The highest BCUT2D eigenvalue weighted by atomic mass is 19.3. The number of rotatable bonds is 6. The van der Waals surface area contributed by atoms with E-state index in [9.17, 15) is 18.7 Å². The molecule has 1 aromatic carbocycles. The van der Waals surface area contributed by atoms with Gasteiger partial charge in [0.2, 0.25) is 0 Å². The molecule has 21 heavy (non-hydrogen) atoms. The first-order valence-electron chi connectivity index (χ1n) is 6.87. The topological polar surface area (TPSA) is 58.6 Å². The molecule has 0 spiro atoms. The smallest absolute Gasteiger partial charge is 0.352 e. The largest absolute Gasteiger partial charge is 0.383 e. The number of methoxy groups -OCH3 is 1. The third-order valence-corrected chi connectivity index (χ3v) is 3.95. The van der Waals surface area contributed by atoms with E-state index in [1.54, 1.807) is 24.3 Å². The zero-order valence-corrected chi connectivity index (χ0v) is 11.8. The fourth-order valence-electron chi connectivity index (χ4n) is 2.34. The minimum absolute atomic E-state index is 0.0557. The van der Waals surface area contributed by atoms with E-state index in [4.69, 9.17) is 4.74 Å². The van der Waals surface area contributed by atoms with Crippen LogP contribution in [0.15, 0.2) is 30.3 Å². The molecule has 0 bridgehead atoms. The third-order valence-electron chi connectivity index (χ3n) is 3.95. The van der Waals surface area contributed by atoms with Crippen LogP contribution in [0.4, 0.5) is 8.78 Å². The molecular weight excluding hydrogens is 280 g/mol. The van der Waals surface area contributed by atoms with Crippen LogP contribution in [0.3, 0.4) is 0 Å². The predicted molar refractivity (Wildman–Crippen MR) is 72.9 cm³/mol. The summed E-state index contributed by atoms with van der Waals surface area (Å²) in [6.45, 7) is -0.0784. The summed E-state index contributed by atoms with van der Waals surface area (Å²) in [4.78, 5) is 11.7. The Hall–Kier alpha value is -1.53. The van der Waals surface area contributed by atoms with E-state index in [2.05, 4.69) is 5.32 Å². The van der Waals surface area contributed by atoms with Crippen molar-refractivity contribution < 1.29 is 23.4 Å². The van der Waals surface area contributed by atoms with Gasteiger partial charge in [0.15, 0.2) is 0 Å². The van der Waals surface area contributed by atoms with E-state index in [-0.39, 0.29) is 19.4 Å². The van der Waals surface area contributed by atoms with Crippen LogP contribution in [0, 0.1) is 0 Å². The minimum Gasteiger partial charge on any atom is -0.383 e. The van der Waals surface area contributed by atoms with Gasteiger partial charge in [0.1, 0.15) is 5.60 Å². The van der Waals surface area contributed by atoms with Crippen molar-refractivity contribution in [2.24, 2.45) is 0 Å². The number of carbonyl (C=O) groups excluding carboxylic acids is 1. The molecule has 4 nitrogen and oxygen atoms in total. The van der Waals surface area contributed by atoms with Crippen molar-refractivity contribution in [3.05, 3.63) is 35.9 Å². The van der Waals surface area contributed by atoms with Gasteiger partial charge in [-0.2, -0.15) is 8.78 Å². The molecule has 0 heterocycles. The summed E-state index contributed by atoms with van der Waals surface area (Å²) < 4.78 is 33.0. The molecule has 1 saturated carbocycles. The molecule has 6 heteroatoms. The summed E-state index contributed by atoms with van der Waals surface area (Å²) >= 11 is 0. The van der Waals surface area contributed by atoms with Crippen molar-refractivity contribution in [2.45, 2.75) is 36.9 Å². The number of amides is 1. The molecule has 2 N–H and O–H groups in total. The van der Waals surface area contributed by atoms with Crippen LogP contribution >= 0.6 is 0 Å². The maximum absolute atomic E-state index is 13.9. The number of carbonyl (C=O) groups is 1. The lowest BCUT2D eigenvalue weighted by Gasteiger charge is -2.41. The quantitative estimate of drug-likeness (QED) is 0.845. The van der Waals surface area contributed by atoms with Gasteiger partial charge in [0.05, 0.1) is 6.10 Å². The molecule has 0 saturated heterocycles. The highest BCUT2D eigenvalue weighted by Gasteiger charge is 2.61. The molecule has 0 radical (unpaired) electrons. The molecule has 0 aliphatic heterocycles. The van der Waals surface area contributed by atoms with Gasteiger partial charge in [-0.25, -0.2) is 0 Å². The van der Waals surface area contributed by atoms with Gasteiger partial charge in [-0.05, 0) is 24.8 Å². The van der Waals surface area contributed by atoms with Crippen LogP contribution in [0.25, 0.3) is 0 Å². The summed E-state index contributed by atoms with van der Waals surface area (Å²) in [7, 11) is 1.45. The number of nitrogens with one attached hydrogen (secondary N) is 1. The van der Waals surface area contributed by atoms with Gasteiger partial charge < -0.3 is 15.2 Å². The molecule has 2 rings (SSSR count). The second-order valence-corrected chi connectivity index (χ2v) is 5.30. The molecule has 1 aliphatic carbocycles. The van der Waals surface area contributed by atoms with E-state index in [1.807, 2.05) is 6.07 Å². The second kappa shape index (κ2) is 6.07. The normalized spacial score (nSPS) is 18.7. The minimum atomic E-state index is -3.78. The van der Waals surface area contributed by atoms with E-state index in [0.29, 0.717) is 6.42 Å². The summed E-state index contributed by atoms with van der Waals surface area (Å²) in [5.74, 6) is -5.23. The average molecular weight is 299 g/mol. The van der Waals surface area contributed by atoms with Crippen LogP contribution in [0.1, 0.15) is 30.9 Å². The van der Waals surface area contributed by atoms with Crippen molar-refractivity contribution >= 4 is 5.91 Å². The summed E-state index contributed by atoms with van der Waals surface area (Å²) in [5, 5.41) is 11.9. The molecule has 116 valence electrons. The first-order chi connectivity index (χ1) is 9.90. The monoisotopic (exact) mass is 299 g/mol. The average Bonchev–Trinajstić information content (AvgIpc) is 2.46. The molecule has 1 fully saturated rings. The van der Waals surface area contributed by atoms with E-state index >= 15 is 0 Å². The zero-order chi connectivity index (χ0) is 15.5. The molecular formula is C15H19F2NO3. The fourth-order valence-corrected chi connectivity index (χ4v) is 2.34. The fraction of sp³-hybridized carbons (Fsp3) is 0.533. The summed E-state index contributed by atoms with van der Waals surface area (Å²) in [6.07, 6.45) is -0.119. The second-order valence-electron chi connectivity index (χ2n) is 5.30. The predicted octanol–water partition coefficient (Wildman–Crippen LogP) is 2.04. The lowest BCUT2D eigenvalue weighted by atomic mass is 9.75. The van der Waals surface area contributed by atoms with Crippen molar-refractivity contribution in [1.82, 2.24) is 5.32 Å². The van der Waals surface area contributed by atoms with Gasteiger partial charge in [0.25, 0.3) is 5.91 Å². The Bertz CT molecular complexity index is 489. The van der Waals surface area contributed by atoms with Crippen LogP contribution < -0.4 is 5.32 Å². The number of aliphatic hydroxyl groups is 1. The van der Waals surface area contributed by atoms with Crippen LogP contribution in [-0.4, -0.2) is 36.2 Å². The van der Waals surface area contributed by atoms with Crippen molar-refractivity contribution in [3.8, 4) is 0 Å². The Labute approximate surface area is 122 Å². The van der Waals surface area contributed by atoms with Crippen LogP contribution in [0.2, 0.25) is 0 Å². The maximum atomic E-state index is 13.9. The molecule has 1 unspecified atom stereocenters. The van der Waals surface area contributed by atoms with Gasteiger partial charge in [-0.1, -0.05) is 30.3 Å². The summed E-state index contributed by atoms with van der Waals surface area (Å²) in [6, 6.07) is 9.01. The number of alkyl halides is 2. The lowest BCUT2D eigenvalue weighted by molar-refractivity contribution is -0.216. The third kappa shape index (κ3) is 3.06. The van der Waals surface area contributed by atoms with Gasteiger partial charge in [0, 0.05) is 13.7 Å². The van der Waals surface area contributed by atoms with Crippen molar-refractivity contribution in [2.75, 3.05) is 13.7 Å². The van der Waals surface area contributed by atoms with E-state index < -0.39 is 23.5 Å². The number of halogens is 2. The zero-order valence-electron chi connectivity index (χ0n) is 11.8. The van der Waals surface area contributed by atoms with Gasteiger partial charge in [-0.3, -0.25) is 4.79 Å². The van der Waals surface area contributed by atoms with Crippen LogP contribution in [0.5, 0.6) is 0 Å². The molecule has 1 amide bonds. The first-order valence-corrected chi connectivity index (χ1v) is 6.87. The Morgan fingerprint density at radius 2 is 2.05 bits per heavy atom. The molecule has 0 aromatic heterocycles. The number of hydrogen-bond donors (Lipinski definition) is 2. The Kier molecular flexibility index (Phi) is 4.58.